The quantitative estimate of drug-likeness (QED) is 0.482. The van der Waals surface area contributed by atoms with Gasteiger partial charge in [-0.3, -0.25) is 14.5 Å². The highest BCUT2D eigenvalue weighted by atomic mass is 35.5. The lowest BCUT2D eigenvalue weighted by Gasteiger charge is -2.12. The number of rotatable bonds is 4. The predicted octanol–water partition coefficient (Wildman–Crippen LogP) is 6.24. The van der Waals surface area contributed by atoms with Crippen molar-refractivity contribution in [2.75, 3.05) is 0 Å². The lowest BCUT2D eigenvalue weighted by molar-refractivity contribution is -0.123. The molecule has 0 spiro atoms. The molecule has 0 aromatic heterocycles. The maximum Gasteiger partial charge on any atom is 0.293 e. The molecule has 5 heteroatoms. The molecule has 3 aromatic carbocycles. The number of hydrogen-bond acceptors (Lipinski definition) is 3. The van der Waals surface area contributed by atoms with E-state index in [9.17, 15) is 9.59 Å². The molecule has 0 unspecified atom stereocenters. The first-order chi connectivity index (χ1) is 13.6. The molecule has 1 heterocycles. The lowest BCUT2D eigenvalue weighted by Crippen LogP contribution is -2.27. The van der Waals surface area contributed by atoms with E-state index in [2.05, 4.69) is 12.1 Å². The van der Waals surface area contributed by atoms with Crippen LogP contribution in [0.15, 0.2) is 83.8 Å². The van der Waals surface area contributed by atoms with Crippen molar-refractivity contribution < 1.29 is 9.59 Å². The molecule has 3 aromatic rings. The molecule has 0 aliphatic carbocycles. The van der Waals surface area contributed by atoms with Crippen LogP contribution >= 0.6 is 23.4 Å². The Labute approximate surface area is 172 Å². The summed E-state index contributed by atoms with van der Waals surface area (Å²) >= 11 is 6.86. The van der Waals surface area contributed by atoms with E-state index in [-0.39, 0.29) is 17.7 Å². The number of carbonyl (C=O) groups is 2. The van der Waals surface area contributed by atoms with Crippen molar-refractivity contribution in [1.82, 2.24) is 4.90 Å². The molecule has 0 saturated carbocycles. The third kappa shape index (κ3) is 4.03. The van der Waals surface area contributed by atoms with Crippen LogP contribution in [0.5, 0.6) is 0 Å². The van der Waals surface area contributed by atoms with E-state index in [4.69, 9.17) is 11.6 Å². The van der Waals surface area contributed by atoms with Gasteiger partial charge in [0.05, 0.1) is 11.4 Å². The molecular weight excluding hydrogens is 390 g/mol. The molecule has 4 rings (SSSR count). The topological polar surface area (TPSA) is 37.4 Å². The van der Waals surface area contributed by atoms with Crippen LogP contribution < -0.4 is 0 Å². The summed E-state index contributed by atoms with van der Waals surface area (Å²) < 4.78 is 0. The molecule has 138 valence electrons. The zero-order valence-corrected chi connectivity index (χ0v) is 16.4. The molecule has 0 bridgehead atoms. The van der Waals surface area contributed by atoms with Crippen LogP contribution in [0.3, 0.4) is 0 Å². The summed E-state index contributed by atoms with van der Waals surface area (Å²) in [4.78, 5) is 26.7. The number of halogens is 1. The minimum absolute atomic E-state index is 0.242. The first-order valence-corrected chi connectivity index (χ1v) is 9.95. The maximum absolute atomic E-state index is 12.7. The fraction of sp³-hybridized carbons (Fsp3) is 0.0435. The molecule has 3 nitrogen and oxygen atoms in total. The summed E-state index contributed by atoms with van der Waals surface area (Å²) in [5.41, 5.74) is 3.99. The van der Waals surface area contributed by atoms with Gasteiger partial charge in [0.15, 0.2) is 0 Å². The van der Waals surface area contributed by atoms with Crippen molar-refractivity contribution >= 4 is 40.6 Å². The van der Waals surface area contributed by atoms with Crippen LogP contribution in [-0.4, -0.2) is 16.0 Å². The van der Waals surface area contributed by atoms with Crippen molar-refractivity contribution in [3.8, 4) is 11.1 Å². The molecule has 1 aliphatic heterocycles. The Balaban J connectivity index is 1.51. The summed E-state index contributed by atoms with van der Waals surface area (Å²) in [6, 6.07) is 25.2. The summed E-state index contributed by atoms with van der Waals surface area (Å²) in [7, 11) is 0. The molecule has 0 atom stereocenters. The Bertz CT molecular complexity index is 1040. The Kier molecular flexibility index (Phi) is 5.33. The Morgan fingerprint density at radius 3 is 2.14 bits per heavy atom. The van der Waals surface area contributed by atoms with E-state index in [0.717, 1.165) is 34.0 Å². The minimum Gasteiger partial charge on any atom is -0.268 e. The minimum atomic E-state index is -0.267. The number of nitrogens with zero attached hydrogens (tertiary/aromatic N) is 1. The van der Waals surface area contributed by atoms with Gasteiger partial charge in [-0.1, -0.05) is 78.3 Å². The van der Waals surface area contributed by atoms with Gasteiger partial charge in [0.1, 0.15) is 0 Å². The zero-order valence-electron chi connectivity index (χ0n) is 14.8. The van der Waals surface area contributed by atoms with E-state index in [1.54, 1.807) is 18.2 Å². The number of thioether (sulfide) groups is 1. The lowest BCUT2D eigenvalue weighted by atomic mass is 10.0. The fourth-order valence-corrected chi connectivity index (χ4v) is 3.93. The molecule has 0 N–H and O–H groups in total. The van der Waals surface area contributed by atoms with Crippen molar-refractivity contribution in [3.63, 3.8) is 0 Å². The fourth-order valence-electron chi connectivity index (χ4n) is 2.96. The zero-order chi connectivity index (χ0) is 19.5. The van der Waals surface area contributed by atoms with Crippen LogP contribution in [-0.2, 0) is 11.3 Å². The highest BCUT2D eigenvalue weighted by Crippen LogP contribution is 2.33. The molecule has 1 fully saturated rings. The summed E-state index contributed by atoms with van der Waals surface area (Å²) in [6.45, 7) is 0.242. The second-order valence-corrected chi connectivity index (χ2v) is 7.81. The number of benzene rings is 3. The van der Waals surface area contributed by atoms with Gasteiger partial charge in [-0.15, -0.1) is 0 Å². The van der Waals surface area contributed by atoms with Crippen molar-refractivity contribution in [2.45, 2.75) is 6.54 Å². The average Bonchev–Trinajstić information content (AvgIpc) is 2.98. The molecule has 1 saturated heterocycles. The van der Waals surface area contributed by atoms with Crippen molar-refractivity contribution in [2.24, 2.45) is 0 Å². The summed E-state index contributed by atoms with van der Waals surface area (Å²) in [6.07, 6.45) is 1.77. The third-order valence-electron chi connectivity index (χ3n) is 4.44. The van der Waals surface area contributed by atoms with Gasteiger partial charge in [-0.25, -0.2) is 0 Å². The van der Waals surface area contributed by atoms with Crippen molar-refractivity contribution in [3.05, 3.63) is 99.9 Å². The molecule has 0 radical (unpaired) electrons. The smallest absolute Gasteiger partial charge is 0.268 e. The van der Waals surface area contributed by atoms with Gasteiger partial charge in [0.2, 0.25) is 0 Å². The van der Waals surface area contributed by atoms with E-state index in [1.807, 2.05) is 54.6 Å². The van der Waals surface area contributed by atoms with Crippen LogP contribution in [0, 0.1) is 0 Å². The van der Waals surface area contributed by atoms with Gasteiger partial charge in [-0.05, 0) is 52.2 Å². The van der Waals surface area contributed by atoms with Gasteiger partial charge in [0, 0.05) is 5.02 Å². The number of hydrogen-bond donors (Lipinski definition) is 0. The summed E-state index contributed by atoms with van der Waals surface area (Å²) in [5.74, 6) is -0.267. The highest BCUT2D eigenvalue weighted by Gasteiger charge is 2.34. The normalized spacial score (nSPS) is 15.5. The highest BCUT2D eigenvalue weighted by molar-refractivity contribution is 8.18. The Hall–Kier alpha value is -2.82. The number of imide groups is 1. The van der Waals surface area contributed by atoms with Crippen molar-refractivity contribution in [1.29, 1.82) is 0 Å². The SMILES string of the molecule is O=C1S/C(=C/c2ccc(-c3ccccc3)cc2)C(=O)N1Cc1ccc(Cl)cc1. The van der Waals surface area contributed by atoms with E-state index >= 15 is 0 Å². The first kappa shape index (κ1) is 18.5. The molecule has 1 aliphatic rings. The molecular formula is C23H16ClNO2S. The van der Waals surface area contributed by atoms with Gasteiger partial charge in [-0.2, -0.15) is 0 Å². The van der Waals surface area contributed by atoms with Crippen LogP contribution in [0.1, 0.15) is 11.1 Å². The van der Waals surface area contributed by atoms with Gasteiger partial charge < -0.3 is 0 Å². The average molecular weight is 406 g/mol. The van der Waals surface area contributed by atoms with Gasteiger partial charge in [0.25, 0.3) is 11.1 Å². The second kappa shape index (κ2) is 8.05. The van der Waals surface area contributed by atoms with Gasteiger partial charge >= 0.3 is 0 Å². The van der Waals surface area contributed by atoms with Crippen LogP contribution in [0.2, 0.25) is 5.02 Å². The molecule has 2 amide bonds. The predicted molar refractivity (Wildman–Crippen MR) is 115 cm³/mol. The van der Waals surface area contributed by atoms with E-state index < -0.39 is 0 Å². The standard InChI is InChI=1S/C23H16ClNO2S/c24-20-12-8-17(9-13-20)15-25-22(26)21(28-23(25)27)14-16-6-10-19(11-7-16)18-4-2-1-3-5-18/h1-14H,15H2/b21-14+. The van der Waals surface area contributed by atoms with E-state index in [0.29, 0.717) is 9.93 Å². The number of amides is 2. The Morgan fingerprint density at radius 1 is 0.821 bits per heavy atom. The molecule has 28 heavy (non-hydrogen) atoms. The Morgan fingerprint density at radius 2 is 1.46 bits per heavy atom. The van der Waals surface area contributed by atoms with Crippen LogP contribution in [0.4, 0.5) is 4.79 Å². The first-order valence-electron chi connectivity index (χ1n) is 8.75. The van der Waals surface area contributed by atoms with Crippen LogP contribution in [0.25, 0.3) is 17.2 Å². The third-order valence-corrected chi connectivity index (χ3v) is 5.60. The van der Waals surface area contributed by atoms with E-state index in [1.165, 1.54) is 4.90 Å². The summed E-state index contributed by atoms with van der Waals surface area (Å²) in [5, 5.41) is 0.365. The monoisotopic (exact) mass is 405 g/mol. The second-order valence-electron chi connectivity index (χ2n) is 6.38. The largest absolute Gasteiger partial charge is 0.293 e. The maximum atomic E-state index is 12.7. The number of carbonyl (C=O) groups excluding carboxylic acids is 2.